The smallest absolute Gasteiger partial charge is 0.124 e. The summed E-state index contributed by atoms with van der Waals surface area (Å²) in [6, 6.07) is 6.06. The first-order valence-corrected chi connectivity index (χ1v) is 7.95. The predicted octanol–water partition coefficient (Wildman–Crippen LogP) is 1.81. The number of benzene rings is 1. The van der Waals surface area contributed by atoms with E-state index in [1.165, 1.54) is 5.56 Å². The van der Waals surface area contributed by atoms with Gasteiger partial charge in [-0.15, -0.1) is 0 Å². The molecule has 0 aliphatic carbocycles. The van der Waals surface area contributed by atoms with E-state index in [9.17, 15) is 5.11 Å². The van der Waals surface area contributed by atoms with Crippen LogP contribution in [-0.2, 0) is 22.6 Å². The highest BCUT2D eigenvalue weighted by Gasteiger charge is 2.20. The van der Waals surface area contributed by atoms with Gasteiger partial charge in [-0.1, -0.05) is 6.07 Å². The van der Waals surface area contributed by atoms with Crippen molar-refractivity contribution in [2.75, 3.05) is 40.0 Å². The van der Waals surface area contributed by atoms with Gasteiger partial charge in [-0.25, -0.2) is 0 Å². The molecule has 5 heteroatoms. The minimum atomic E-state index is 0.00273. The molecule has 1 aromatic rings. The fourth-order valence-corrected chi connectivity index (χ4v) is 2.76. The molecule has 1 saturated heterocycles. The number of ether oxygens (including phenoxy) is 3. The van der Waals surface area contributed by atoms with Gasteiger partial charge in [0.1, 0.15) is 5.75 Å². The molecule has 124 valence electrons. The first-order valence-electron chi connectivity index (χ1n) is 7.95. The van der Waals surface area contributed by atoms with Crippen molar-refractivity contribution < 1.29 is 19.3 Å². The quantitative estimate of drug-likeness (QED) is 0.794. The largest absolute Gasteiger partial charge is 0.494 e. The summed E-state index contributed by atoms with van der Waals surface area (Å²) in [5, 5.41) is 9.49. The van der Waals surface area contributed by atoms with Crippen molar-refractivity contribution in [2.24, 2.45) is 0 Å². The van der Waals surface area contributed by atoms with Crippen molar-refractivity contribution in [1.82, 2.24) is 4.90 Å². The van der Waals surface area contributed by atoms with Gasteiger partial charge < -0.3 is 19.3 Å². The normalized spacial score (nSPS) is 19.3. The molecule has 22 heavy (non-hydrogen) atoms. The highest BCUT2D eigenvalue weighted by atomic mass is 16.5. The number of morpholine rings is 1. The van der Waals surface area contributed by atoms with Crippen LogP contribution in [0, 0.1) is 0 Å². The average Bonchev–Trinajstić information content (AvgIpc) is 2.55. The van der Waals surface area contributed by atoms with Gasteiger partial charge in [0.05, 0.1) is 25.9 Å². The Kier molecular flexibility index (Phi) is 7.12. The topological polar surface area (TPSA) is 51.2 Å². The maximum absolute atomic E-state index is 9.49. The van der Waals surface area contributed by atoms with E-state index in [1.807, 2.05) is 19.1 Å². The minimum absolute atomic E-state index is 0.00273. The molecule has 1 fully saturated rings. The van der Waals surface area contributed by atoms with E-state index in [0.717, 1.165) is 50.6 Å². The third-order valence-electron chi connectivity index (χ3n) is 3.87. The first kappa shape index (κ1) is 17.2. The molecule has 2 rings (SSSR count). The zero-order valence-electron chi connectivity index (χ0n) is 13.6. The van der Waals surface area contributed by atoms with Gasteiger partial charge in [-0.2, -0.15) is 0 Å². The highest BCUT2D eigenvalue weighted by molar-refractivity contribution is 5.36. The monoisotopic (exact) mass is 309 g/mol. The number of rotatable bonds is 8. The molecule has 0 aromatic heterocycles. The maximum Gasteiger partial charge on any atom is 0.124 e. The second kappa shape index (κ2) is 9.10. The summed E-state index contributed by atoms with van der Waals surface area (Å²) in [4.78, 5) is 2.39. The molecule has 5 nitrogen and oxygen atoms in total. The summed E-state index contributed by atoms with van der Waals surface area (Å²) in [6.07, 6.45) is 1.17. The Labute approximate surface area is 132 Å². The molecule has 1 atom stereocenters. The van der Waals surface area contributed by atoms with Crippen molar-refractivity contribution in [2.45, 2.75) is 32.6 Å². The van der Waals surface area contributed by atoms with Crippen molar-refractivity contribution in [3.63, 3.8) is 0 Å². The van der Waals surface area contributed by atoms with E-state index < -0.39 is 0 Å². The molecule has 0 spiro atoms. The summed E-state index contributed by atoms with van der Waals surface area (Å²) in [7, 11) is 1.72. The zero-order chi connectivity index (χ0) is 15.8. The van der Waals surface area contributed by atoms with Crippen molar-refractivity contribution >= 4 is 0 Å². The molecule has 1 aliphatic rings. The zero-order valence-corrected chi connectivity index (χ0v) is 13.6. The van der Waals surface area contributed by atoms with Gasteiger partial charge in [0.25, 0.3) is 0 Å². The molecule has 0 saturated carbocycles. The maximum atomic E-state index is 9.49. The SMILES string of the molecule is CCOc1ccc(CN2CCO[C@@H](CCOC)C2)cc1CO. The van der Waals surface area contributed by atoms with Gasteiger partial charge in [0.15, 0.2) is 0 Å². The summed E-state index contributed by atoms with van der Waals surface area (Å²) in [6.45, 7) is 6.78. The highest BCUT2D eigenvalue weighted by Crippen LogP contribution is 2.22. The van der Waals surface area contributed by atoms with E-state index in [-0.39, 0.29) is 12.7 Å². The Morgan fingerprint density at radius 2 is 2.27 bits per heavy atom. The van der Waals surface area contributed by atoms with Gasteiger partial charge in [0.2, 0.25) is 0 Å². The number of aliphatic hydroxyl groups is 1. The van der Waals surface area contributed by atoms with Crippen LogP contribution in [-0.4, -0.2) is 56.1 Å². The molecule has 1 aliphatic heterocycles. The Morgan fingerprint density at radius 1 is 1.41 bits per heavy atom. The van der Waals surface area contributed by atoms with Crippen LogP contribution in [0.2, 0.25) is 0 Å². The van der Waals surface area contributed by atoms with Gasteiger partial charge in [0, 0.05) is 38.9 Å². The predicted molar refractivity (Wildman–Crippen MR) is 85.0 cm³/mol. The number of aliphatic hydroxyl groups excluding tert-OH is 1. The third-order valence-corrected chi connectivity index (χ3v) is 3.87. The number of methoxy groups -OCH3 is 1. The van der Waals surface area contributed by atoms with Gasteiger partial charge in [-0.3, -0.25) is 4.90 Å². The van der Waals surface area contributed by atoms with E-state index in [0.29, 0.717) is 6.61 Å². The van der Waals surface area contributed by atoms with Crippen LogP contribution in [0.5, 0.6) is 5.75 Å². The molecule has 0 radical (unpaired) electrons. The second-order valence-corrected chi connectivity index (χ2v) is 5.54. The molecule has 1 heterocycles. The molecule has 1 aromatic carbocycles. The lowest BCUT2D eigenvalue weighted by Crippen LogP contribution is -2.42. The van der Waals surface area contributed by atoms with Crippen molar-refractivity contribution in [3.05, 3.63) is 29.3 Å². The molecule has 0 amide bonds. The van der Waals surface area contributed by atoms with Crippen LogP contribution in [0.4, 0.5) is 0 Å². The number of nitrogens with zero attached hydrogens (tertiary/aromatic N) is 1. The molecule has 0 unspecified atom stereocenters. The number of hydrogen-bond donors (Lipinski definition) is 1. The average molecular weight is 309 g/mol. The van der Waals surface area contributed by atoms with Crippen molar-refractivity contribution in [1.29, 1.82) is 0 Å². The summed E-state index contributed by atoms with van der Waals surface area (Å²) >= 11 is 0. The summed E-state index contributed by atoms with van der Waals surface area (Å²) in [5.41, 5.74) is 2.04. The lowest BCUT2D eigenvalue weighted by Gasteiger charge is -2.33. The molecular weight excluding hydrogens is 282 g/mol. The second-order valence-electron chi connectivity index (χ2n) is 5.54. The van der Waals surface area contributed by atoms with Crippen LogP contribution in [0.25, 0.3) is 0 Å². The molecule has 1 N–H and O–H groups in total. The minimum Gasteiger partial charge on any atom is -0.494 e. The van der Waals surface area contributed by atoms with E-state index in [4.69, 9.17) is 14.2 Å². The van der Waals surface area contributed by atoms with E-state index in [2.05, 4.69) is 11.0 Å². The standard InChI is InChI=1S/C17H27NO4/c1-3-21-17-5-4-14(10-15(17)13-19)11-18-7-9-22-16(12-18)6-8-20-2/h4-5,10,16,19H,3,6-9,11-13H2,1-2H3/t16-/m0/s1. The van der Waals surface area contributed by atoms with Crippen LogP contribution >= 0.6 is 0 Å². The summed E-state index contributed by atoms with van der Waals surface area (Å²) < 4.78 is 16.4. The van der Waals surface area contributed by atoms with Gasteiger partial charge >= 0.3 is 0 Å². The molecule has 0 bridgehead atoms. The van der Waals surface area contributed by atoms with Crippen LogP contribution < -0.4 is 4.74 Å². The molecular formula is C17H27NO4. The fraction of sp³-hybridized carbons (Fsp3) is 0.647. The lowest BCUT2D eigenvalue weighted by molar-refractivity contribution is -0.0432. The Balaban J connectivity index is 1.94. The van der Waals surface area contributed by atoms with E-state index in [1.54, 1.807) is 7.11 Å². The Morgan fingerprint density at radius 3 is 3.00 bits per heavy atom. The Hall–Kier alpha value is -1.14. The summed E-state index contributed by atoms with van der Waals surface area (Å²) in [5.74, 6) is 0.772. The van der Waals surface area contributed by atoms with Crippen molar-refractivity contribution in [3.8, 4) is 5.75 Å². The van der Waals surface area contributed by atoms with Crippen LogP contribution in [0.3, 0.4) is 0 Å². The van der Waals surface area contributed by atoms with Crippen LogP contribution in [0.1, 0.15) is 24.5 Å². The van der Waals surface area contributed by atoms with Crippen LogP contribution in [0.15, 0.2) is 18.2 Å². The lowest BCUT2D eigenvalue weighted by atomic mass is 10.1. The number of hydrogen-bond acceptors (Lipinski definition) is 5. The van der Waals surface area contributed by atoms with E-state index >= 15 is 0 Å². The third kappa shape index (κ3) is 4.95. The first-order chi connectivity index (χ1) is 10.8. The Bertz CT molecular complexity index is 452. The fourth-order valence-electron chi connectivity index (χ4n) is 2.76. The van der Waals surface area contributed by atoms with Gasteiger partial charge in [-0.05, 0) is 31.0 Å².